The number of aryl methyl sites for hydroxylation is 1. The van der Waals surface area contributed by atoms with Crippen LogP contribution in [0.15, 0.2) is 31.6 Å². The first kappa shape index (κ1) is 14.6. The largest absolute Gasteiger partial charge is 0.424 e. The lowest BCUT2D eigenvalue weighted by molar-refractivity contribution is 0.374. The van der Waals surface area contributed by atoms with Gasteiger partial charge in [-0.25, -0.2) is 4.79 Å². The molecule has 0 spiro atoms. The van der Waals surface area contributed by atoms with Crippen LogP contribution in [0.3, 0.4) is 0 Å². The highest BCUT2D eigenvalue weighted by atomic mass is 79.9. The van der Waals surface area contributed by atoms with Crippen LogP contribution in [0.5, 0.6) is 5.88 Å². The first-order valence-corrected chi connectivity index (χ1v) is 7.73. The van der Waals surface area contributed by atoms with E-state index in [-0.39, 0.29) is 22.9 Å². The number of H-pyrrole nitrogens is 2. The number of hydrogen-bond donors (Lipinski definition) is 3. The molecule has 112 valence electrons. The third-order valence-corrected chi connectivity index (χ3v) is 5.48. The molecule has 2 aromatic rings. The van der Waals surface area contributed by atoms with E-state index in [2.05, 4.69) is 25.9 Å². The molecule has 1 aliphatic rings. The van der Waals surface area contributed by atoms with Crippen LogP contribution in [0.25, 0.3) is 0 Å². The highest BCUT2D eigenvalue weighted by Crippen LogP contribution is 2.42. The molecule has 0 aliphatic carbocycles. The molecular formula is C13H9BrN4O3S. The third-order valence-electron chi connectivity index (χ3n) is 3.28. The lowest BCUT2D eigenvalue weighted by Gasteiger charge is -2.23. The van der Waals surface area contributed by atoms with Crippen molar-refractivity contribution in [2.45, 2.75) is 12.8 Å². The molecule has 0 saturated carbocycles. The van der Waals surface area contributed by atoms with Crippen LogP contribution in [-0.2, 0) is 0 Å². The number of nitrogens with zero attached hydrogens (tertiary/aromatic N) is 1. The maximum absolute atomic E-state index is 12.2. The number of allylic oxidation sites excluding steroid dienone is 1. The fraction of sp³-hybridized carbons (Fsp3) is 0.154. The first-order valence-electron chi connectivity index (χ1n) is 6.12. The van der Waals surface area contributed by atoms with Crippen molar-refractivity contribution in [2.24, 2.45) is 5.73 Å². The molecule has 0 unspecified atom stereocenters. The van der Waals surface area contributed by atoms with E-state index >= 15 is 0 Å². The quantitative estimate of drug-likeness (QED) is 0.689. The van der Waals surface area contributed by atoms with E-state index in [0.29, 0.717) is 0 Å². The zero-order valence-electron chi connectivity index (χ0n) is 11.2. The van der Waals surface area contributed by atoms with E-state index in [9.17, 15) is 14.9 Å². The number of aromatic nitrogens is 2. The molecule has 0 amide bonds. The van der Waals surface area contributed by atoms with Crippen LogP contribution in [0.4, 0.5) is 0 Å². The topological polar surface area (TPSA) is 125 Å². The van der Waals surface area contributed by atoms with Crippen LogP contribution in [0.2, 0.25) is 0 Å². The van der Waals surface area contributed by atoms with Gasteiger partial charge < -0.3 is 10.5 Å². The van der Waals surface area contributed by atoms with Gasteiger partial charge in [0, 0.05) is 14.2 Å². The van der Waals surface area contributed by atoms with Crippen molar-refractivity contribution in [3.8, 4) is 11.9 Å². The van der Waals surface area contributed by atoms with Crippen molar-refractivity contribution in [1.29, 1.82) is 5.26 Å². The number of aromatic amines is 2. The van der Waals surface area contributed by atoms with Crippen molar-refractivity contribution in [2.75, 3.05) is 0 Å². The minimum Gasteiger partial charge on any atom is -0.424 e. The number of thiophene rings is 1. The van der Waals surface area contributed by atoms with Crippen molar-refractivity contribution < 1.29 is 4.74 Å². The van der Waals surface area contributed by atoms with Crippen molar-refractivity contribution >= 4 is 27.3 Å². The Bertz CT molecular complexity index is 943. The Morgan fingerprint density at radius 1 is 1.45 bits per heavy atom. The number of ether oxygens (including phenoxy) is 1. The van der Waals surface area contributed by atoms with Crippen LogP contribution in [0.1, 0.15) is 21.2 Å². The number of rotatable bonds is 1. The van der Waals surface area contributed by atoms with Gasteiger partial charge in [0.15, 0.2) is 0 Å². The van der Waals surface area contributed by atoms with Gasteiger partial charge in [-0.05, 0) is 28.9 Å². The van der Waals surface area contributed by atoms with Crippen LogP contribution < -0.4 is 21.7 Å². The molecule has 0 bridgehead atoms. The van der Waals surface area contributed by atoms with E-state index in [1.54, 1.807) is 0 Å². The highest BCUT2D eigenvalue weighted by molar-refractivity contribution is 9.10. The summed E-state index contributed by atoms with van der Waals surface area (Å²) in [4.78, 5) is 29.9. The van der Waals surface area contributed by atoms with Crippen molar-refractivity contribution in [3.63, 3.8) is 0 Å². The lowest BCUT2D eigenvalue weighted by atomic mass is 9.90. The van der Waals surface area contributed by atoms with Crippen molar-refractivity contribution in [3.05, 3.63) is 58.2 Å². The molecule has 0 aromatic carbocycles. The Hall–Kier alpha value is -2.31. The van der Waals surface area contributed by atoms with E-state index in [1.807, 2.05) is 19.1 Å². The van der Waals surface area contributed by atoms with Crippen molar-refractivity contribution in [1.82, 2.24) is 9.97 Å². The predicted molar refractivity (Wildman–Crippen MR) is 83.7 cm³/mol. The van der Waals surface area contributed by atoms with E-state index in [4.69, 9.17) is 10.5 Å². The summed E-state index contributed by atoms with van der Waals surface area (Å²) >= 11 is 4.85. The maximum atomic E-state index is 12.2. The normalized spacial score (nSPS) is 16.9. The van der Waals surface area contributed by atoms with Gasteiger partial charge in [0.2, 0.25) is 11.8 Å². The second kappa shape index (κ2) is 5.15. The number of hydrogen-bond acceptors (Lipinski definition) is 6. The summed E-state index contributed by atoms with van der Waals surface area (Å²) in [7, 11) is 0. The van der Waals surface area contributed by atoms with Gasteiger partial charge in [-0.3, -0.25) is 14.8 Å². The molecule has 1 atom stereocenters. The number of halogens is 1. The molecule has 22 heavy (non-hydrogen) atoms. The fourth-order valence-corrected chi connectivity index (χ4v) is 3.98. The molecule has 0 saturated heterocycles. The van der Waals surface area contributed by atoms with Gasteiger partial charge in [0.05, 0.1) is 11.5 Å². The molecule has 9 heteroatoms. The molecule has 3 heterocycles. The molecule has 4 N–H and O–H groups in total. The molecule has 1 aliphatic heterocycles. The van der Waals surface area contributed by atoms with Gasteiger partial charge in [-0.15, -0.1) is 11.3 Å². The average molecular weight is 381 g/mol. The standard InChI is InChI=1S/C13H9BrN4O3S/c1-4-6(14)2-7(22-4)8-5(3-15)10(16)21-12-9(8)11(19)17-13(20)18-12/h2,8H,16H2,1H3,(H2,17,18,19,20)/t8-/m0/s1. The van der Waals surface area contributed by atoms with Gasteiger partial charge in [0.1, 0.15) is 11.6 Å². The molecule has 0 fully saturated rings. The van der Waals surface area contributed by atoms with Gasteiger partial charge in [-0.1, -0.05) is 0 Å². The highest BCUT2D eigenvalue weighted by Gasteiger charge is 2.35. The molecule has 3 rings (SSSR count). The summed E-state index contributed by atoms with van der Waals surface area (Å²) in [5.74, 6) is -0.829. The monoisotopic (exact) mass is 380 g/mol. The van der Waals surface area contributed by atoms with Crippen LogP contribution >= 0.6 is 27.3 Å². The zero-order chi connectivity index (χ0) is 16.0. The number of nitrogens with two attached hydrogens (primary N) is 1. The minimum atomic E-state index is -0.695. The Balaban J connectivity index is 2.34. The molecule has 7 nitrogen and oxygen atoms in total. The average Bonchev–Trinajstić information content (AvgIpc) is 2.76. The zero-order valence-corrected chi connectivity index (χ0v) is 13.6. The third kappa shape index (κ3) is 2.17. The molecule has 2 aromatic heterocycles. The van der Waals surface area contributed by atoms with Gasteiger partial charge in [0.25, 0.3) is 5.56 Å². The summed E-state index contributed by atoms with van der Waals surface area (Å²) in [6, 6.07) is 3.82. The Morgan fingerprint density at radius 3 is 2.77 bits per heavy atom. The minimum absolute atomic E-state index is 0.0302. The molecular weight excluding hydrogens is 372 g/mol. The second-order valence-electron chi connectivity index (χ2n) is 4.63. The van der Waals surface area contributed by atoms with Gasteiger partial charge in [-0.2, -0.15) is 5.26 Å². The number of nitriles is 1. The Morgan fingerprint density at radius 2 is 2.18 bits per heavy atom. The van der Waals surface area contributed by atoms with E-state index in [1.165, 1.54) is 11.3 Å². The summed E-state index contributed by atoms with van der Waals surface area (Å²) in [5.41, 5.74) is 4.77. The SMILES string of the molecule is Cc1sc([C@@H]2C(C#N)=C(N)Oc3[nH]c(=O)[nH]c(=O)c32)cc1Br. The maximum Gasteiger partial charge on any atom is 0.328 e. The number of nitrogens with one attached hydrogen (secondary N) is 2. The van der Waals surface area contributed by atoms with Gasteiger partial charge >= 0.3 is 5.69 Å². The van der Waals surface area contributed by atoms with E-state index < -0.39 is 17.2 Å². The Kier molecular flexibility index (Phi) is 3.42. The lowest BCUT2D eigenvalue weighted by Crippen LogP contribution is -2.33. The summed E-state index contributed by atoms with van der Waals surface area (Å²) in [6.07, 6.45) is 0. The van der Waals surface area contributed by atoms with E-state index in [0.717, 1.165) is 14.2 Å². The second-order valence-corrected chi connectivity index (χ2v) is 6.77. The number of fused-ring (bicyclic) bond motifs is 1. The summed E-state index contributed by atoms with van der Waals surface area (Å²) in [6.45, 7) is 1.91. The van der Waals surface area contributed by atoms with Crippen LogP contribution in [-0.4, -0.2) is 9.97 Å². The molecule has 0 radical (unpaired) electrons. The Labute approximate surface area is 136 Å². The smallest absolute Gasteiger partial charge is 0.328 e. The summed E-state index contributed by atoms with van der Waals surface area (Å²) in [5, 5.41) is 9.38. The summed E-state index contributed by atoms with van der Waals surface area (Å²) < 4.78 is 6.11. The first-order chi connectivity index (χ1) is 10.4. The van der Waals surface area contributed by atoms with Crippen LogP contribution in [0, 0.1) is 18.3 Å². The predicted octanol–water partition coefficient (Wildman–Crippen LogP) is 1.41. The fourth-order valence-electron chi connectivity index (χ4n) is 2.30.